The minimum Gasteiger partial charge on any atom is -0.348 e. The Balaban J connectivity index is 2.17. The molecule has 5 heteroatoms. The molecule has 0 amide bonds. The van der Waals surface area contributed by atoms with Crippen LogP contribution in [0.25, 0.3) is 0 Å². The smallest absolute Gasteiger partial charge is 0.0865 e. The normalized spacial score (nSPS) is 12.8. The van der Waals surface area contributed by atoms with Gasteiger partial charge in [0, 0.05) is 25.5 Å². The first-order valence-corrected chi connectivity index (χ1v) is 7.45. The Hall–Kier alpha value is -1.26. The SMILES string of the molecule is CCCC(NC)c1ccn(Cc2c(Cl)c(C)nn2C)c1. The molecule has 2 aromatic rings. The Bertz CT molecular complexity index is 570. The van der Waals surface area contributed by atoms with Crippen molar-refractivity contribution in [2.45, 2.75) is 39.3 Å². The van der Waals surface area contributed by atoms with Crippen molar-refractivity contribution in [3.8, 4) is 0 Å². The van der Waals surface area contributed by atoms with Crippen molar-refractivity contribution in [3.63, 3.8) is 0 Å². The molecule has 110 valence electrons. The van der Waals surface area contributed by atoms with Crippen LogP contribution >= 0.6 is 11.6 Å². The molecule has 20 heavy (non-hydrogen) atoms. The molecule has 1 atom stereocenters. The van der Waals surface area contributed by atoms with E-state index in [0.717, 1.165) is 29.4 Å². The number of aryl methyl sites for hydroxylation is 2. The molecule has 0 saturated heterocycles. The molecular weight excluding hydrogens is 272 g/mol. The van der Waals surface area contributed by atoms with Crippen LogP contribution in [0, 0.1) is 6.92 Å². The maximum absolute atomic E-state index is 6.30. The van der Waals surface area contributed by atoms with Gasteiger partial charge in [-0.25, -0.2) is 0 Å². The molecule has 0 aliphatic rings. The second-order valence-corrected chi connectivity index (χ2v) is 5.59. The molecule has 0 aromatic carbocycles. The monoisotopic (exact) mass is 294 g/mol. The average Bonchev–Trinajstić information content (AvgIpc) is 2.97. The first-order chi connectivity index (χ1) is 9.56. The highest BCUT2D eigenvalue weighted by molar-refractivity contribution is 6.31. The minimum absolute atomic E-state index is 0.421. The number of hydrogen-bond acceptors (Lipinski definition) is 2. The van der Waals surface area contributed by atoms with Crippen LogP contribution in [0.5, 0.6) is 0 Å². The zero-order chi connectivity index (χ0) is 14.7. The van der Waals surface area contributed by atoms with E-state index in [9.17, 15) is 0 Å². The Morgan fingerprint density at radius 1 is 1.45 bits per heavy atom. The fourth-order valence-electron chi connectivity index (χ4n) is 2.55. The van der Waals surface area contributed by atoms with Crippen LogP contribution in [0.15, 0.2) is 18.5 Å². The molecule has 1 N–H and O–H groups in total. The standard InChI is InChI=1S/C15H23ClN4/c1-5-6-13(17-3)12-7-8-20(9-12)10-14-15(16)11(2)18-19(14)4/h7-9,13,17H,5-6,10H2,1-4H3. The molecule has 0 aliphatic carbocycles. The van der Waals surface area contributed by atoms with Gasteiger partial charge in [-0.2, -0.15) is 5.10 Å². The topological polar surface area (TPSA) is 34.8 Å². The van der Waals surface area contributed by atoms with E-state index in [0.29, 0.717) is 6.04 Å². The number of halogens is 1. The van der Waals surface area contributed by atoms with Gasteiger partial charge < -0.3 is 9.88 Å². The predicted molar refractivity (Wildman–Crippen MR) is 83.2 cm³/mol. The average molecular weight is 295 g/mol. The summed E-state index contributed by atoms with van der Waals surface area (Å²) < 4.78 is 4.02. The van der Waals surface area contributed by atoms with Gasteiger partial charge >= 0.3 is 0 Å². The van der Waals surface area contributed by atoms with Crippen molar-refractivity contribution in [1.29, 1.82) is 0 Å². The third kappa shape index (κ3) is 3.07. The van der Waals surface area contributed by atoms with E-state index in [1.54, 1.807) is 0 Å². The third-order valence-corrected chi connectivity index (χ3v) is 4.19. The lowest BCUT2D eigenvalue weighted by Crippen LogP contribution is -2.15. The van der Waals surface area contributed by atoms with Crippen LogP contribution in [0.2, 0.25) is 5.02 Å². The molecule has 0 saturated carbocycles. The van der Waals surface area contributed by atoms with E-state index in [4.69, 9.17) is 11.6 Å². The molecule has 1 unspecified atom stereocenters. The molecule has 2 rings (SSSR count). The molecule has 2 aromatic heterocycles. The number of nitrogens with one attached hydrogen (secondary N) is 1. The molecule has 0 aliphatic heterocycles. The number of aromatic nitrogens is 3. The molecule has 0 radical (unpaired) electrons. The highest BCUT2D eigenvalue weighted by Gasteiger charge is 2.13. The molecule has 0 spiro atoms. The van der Waals surface area contributed by atoms with Crippen LogP contribution < -0.4 is 5.32 Å². The van der Waals surface area contributed by atoms with E-state index in [-0.39, 0.29) is 0 Å². The number of nitrogens with zero attached hydrogens (tertiary/aromatic N) is 3. The Morgan fingerprint density at radius 3 is 2.75 bits per heavy atom. The van der Waals surface area contributed by atoms with Crippen LogP contribution in [0.1, 0.15) is 42.8 Å². The summed E-state index contributed by atoms with van der Waals surface area (Å²) >= 11 is 6.30. The summed E-state index contributed by atoms with van der Waals surface area (Å²) in [6.45, 7) is 4.89. The van der Waals surface area contributed by atoms with Gasteiger partial charge in [-0.1, -0.05) is 24.9 Å². The lowest BCUT2D eigenvalue weighted by Gasteiger charge is -2.13. The summed E-state index contributed by atoms with van der Waals surface area (Å²) in [7, 11) is 3.95. The quantitative estimate of drug-likeness (QED) is 0.887. The summed E-state index contributed by atoms with van der Waals surface area (Å²) in [6, 6.07) is 2.60. The molecule has 0 bridgehead atoms. The molecule has 2 heterocycles. The Labute approximate surface area is 125 Å². The maximum Gasteiger partial charge on any atom is 0.0865 e. The van der Waals surface area contributed by atoms with Gasteiger partial charge in [0.15, 0.2) is 0 Å². The van der Waals surface area contributed by atoms with Gasteiger partial charge in [-0.3, -0.25) is 4.68 Å². The lowest BCUT2D eigenvalue weighted by atomic mass is 10.1. The Kier molecular flexibility index (Phi) is 4.89. The highest BCUT2D eigenvalue weighted by Crippen LogP contribution is 2.22. The van der Waals surface area contributed by atoms with Crippen LogP contribution in [0.3, 0.4) is 0 Å². The minimum atomic E-state index is 0.421. The fourth-order valence-corrected chi connectivity index (χ4v) is 2.77. The maximum atomic E-state index is 6.30. The van der Waals surface area contributed by atoms with Crippen LogP contribution in [-0.2, 0) is 13.6 Å². The molecule has 0 fully saturated rings. The summed E-state index contributed by atoms with van der Waals surface area (Å²) in [6.07, 6.45) is 6.61. The zero-order valence-corrected chi connectivity index (χ0v) is 13.4. The van der Waals surface area contributed by atoms with Crippen molar-refractivity contribution >= 4 is 11.6 Å². The summed E-state index contributed by atoms with van der Waals surface area (Å²) in [4.78, 5) is 0. The summed E-state index contributed by atoms with van der Waals surface area (Å²) in [5.74, 6) is 0. The summed E-state index contributed by atoms with van der Waals surface area (Å²) in [5, 5.41) is 8.48. The first-order valence-electron chi connectivity index (χ1n) is 7.07. The van der Waals surface area contributed by atoms with Crippen molar-refractivity contribution in [3.05, 3.63) is 40.4 Å². The van der Waals surface area contributed by atoms with Crippen LogP contribution in [0.4, 0.5) is 0 Å². The van der Waals surface area contributed by atoms with E-state index in [2.05, 4.69) is 40.4 Å². The molecular formula is C15H23ClN4. The lowest BCUT2D eigenvalue weighted by molar-refractivity contribution is 0.540. The van der Waals surface area contributed by atoms with Gasteiger partial charge in [0.2, 0.25) is 0 Å². The van der Waals surface area contributed by atoms with Gasteiger partial charge in [-0.05, 0) is 32.0 Å². The van der Waals surface area contributed by atoms with E-state index < -0.39 is 0 Å². The number of rotatable bonds is 6. The fraction of sp³-hybridized carbons (Fsp3) is 0.533. The first kappa shape index (κ1) is 15.1. The van der Waals surface area contributed by atoms with E-state index in [1.165, 1.54) is 12.0 Å². The van der Waals surface area contributed by atoms with Crippen LogP contribution in [-0.4, -0.2) is 21.4 Å². The number of hydrogen-bond donors (Lipinski definition) is 1. The van der Waals surface area contributed by atoms with E-state index >= 15 is 0 Å². The predicted octanol–water partition coefficient (Wildman–Crippen LogP) is 3.29. The second-order valence-electron chi connectivity index (χ2n) is 5.22. The third-order valence-electron chi connectivity index (χ3n) is 3.70. The van der Waals surface area contributed by atoms with E-state index in [1.807, 2.05) is 25.7 Å². The van der Waals surface area contributed by atoms with Crippen molar-refractivity contribution in [2.24, 2.45) is 7.05 Å². The highest BCUT2D eigenvalue weighted by atomic mass is 35.5. The van der Waals surface area contributed by atoms with Crippen molar-refractivity contribution < 1.29 is 0 Å². The largest absolute Gasteiger partial charge is 0.348 e. The van der Waals surface area contributed by atoms with Gasteiger partial charge in [0.05, 0.1) is 23.0 Å². The van der Waals surface area contributed by atoms with Gasteiger partial charge in [0.25, 0.3) is 0 Å². The van der Waals surface area contributed by atoms with Gasteiger partial charge in [0.1, 0.15) is 0 Å². The summed E-state index contributed by atoms with van der Waals surface area (Å²) in [5.41, 5.74) is 3.25. The van der Waals surface area contributed by atoms with Gasteiger partial charge in [-0.15, -0.1) is 0 Å². The molecule has 4 nitrogen and oxygen atoms in total. The zero-order valence-electron chi connectivity index (χ0n) is 12.7. The Morgan fingerprint density at radius 2 is 2.20 bits per heavy atom. The second kappa shape index (κ2) is 6.46. The van der Waals surface area contributed by atoms with Crippen molar-refractivity contribution in [2.75, 3.05) is 7.05 Å². The van der Waals surface area contributed by atoms with Crippen molar-refractivity contribution in [1.82, 2.24) is 19.7 Å².